The van der Waals surface area contributed by atoms with Crippen molar-refractivity contribution < 1.29 is 14.7 Å². The Morgan fingerprint density at radius 1 is 1.40 bits per heavy atom. The average molecular weight is 273 g/mol. The van der Waals surface area contributed by atoms with Crippen molar-refractivity contribution in [1.29, 1.82) is 0 Å². The van der Waals surface area contributed by atoms with Gasteiger partial charge >= 0.3 is 5.97 Å². The van der Waals surface area contributed by atoms with Gasteiger partial charge in [-0.2, -0.15) is 0 Å². The zero-order valence-corrected chi connectivity index (χ0v) is 11.0. The van der Waals surface area contributed by atoms with Crippen LogP contribution in [0.2, 0.25) is 0 Å². The standard InChI is InChI=1S/C14H15N3O3/c1-8(6-12(15)18)16-13-10-5-3-2-4-9(10)7-11(17-13)14(19)20/h2-5,7-8H,6H2,1H3,(H2,15,18)(H,16,17)(H,19,20). The number of carboxylic acid groups (broad SMARTS) is 1. The highest BCUT2D eigenvalue weighted by Gasteiger charge is 2.13. The van der Waals surface area contributed by atoms with E-state index in [4.69, 9.17) is 10.8 Å². The van der Waals surface area contributed by atoms with Crippen molar-refractivity contribution in [2.24, 2.45) is 5.73 Å². The zero-order chi connectivity index (χ0) is 14.7. The minimum absolute atomic E-state index is 0.0440. The third-order valence-electron chi connectivity index (χ3n) is 2.85. The third kappa shape index (κ3) is 3.03. The molecule has 2 rings (SSSR count). The third-order valence-corrected chi connectivity index (χ3v) is 2.85. The molecule has 4 N–H and O–H groups in total. The molecule has 0 saturated heterocycles. The molecule has 6 nitrogen and oxygen atoms in total. The van der Waals surface area contributed by atoms with E-state index < -0.39 is 11.9 Å². The summed E-state index contributed by atoms with van der Waals surface area (Å²) in [6.45, 7) is 1.79. The zero-order valence-electron chi connectivity index (χ0n) is 11.0. The van der Waals surface area contributed by atoms with Gasteiger partial charge in [-0.05, 0) is 18.4 Å². The van der Waals surface area contributed by atoms with Crippen molar-refractivity contribution in [1.82, 2.24) is 4.98 Å². The van der Waals surface area contributed by atoms with Crippen LogP contribution in [0.4, 0.5) is 5.82 Å². The number of benzene rings is 1. The van der Waals surface area contributed by atoms with Gasteiger partial charge in [0.1, 0.15) is 5.82 Å². The maximum atomic E-state index is 11.1. The van der Waals surface area contributed by atoms with Gasteiger partial charge in [-0.25, -0.2) is 9.78 Å². The molecule has 1 unspecified atom stereocenters. The summed E-state index contributed by atoms with van der Waals surface area (Å²) >= 11 is 0. The second-order valence-electron chi connectivity index (χ2n) is 4.60. The van der Waals surface area contributed by atoms with E-state index in [1.54, 1.807) is 6.92 Å². The van der Waals surface area contributed by atoms with Gasteiger partial charge in [-0.3, -0.25) is 4.79 Å². The molecule has 1 aromatic carbocycles. The monoisotopic (exact) mass is 273 g/mol. The number of aromatic carboxylic acids is 1. The number of carbonyl (C=O) groups is 2. The van der Waals surface area contributed by atoms with Crippen molar-refractivity contribution >= 4 is 28.5 Å². The lowest BCUT2D eigenvalue weighted by Crippen LogP contribution is -2.24. The van der Waals surface area contributed by atoms with Crippen LogP contribution in [0.15, 0.2) is 30.3 Å². The average Bonchev–Trinajstić information content (AvgIpc) is 2.37. The molecule has 0 spiro atoms. The number of primary amides is 1. The lowest BCUT2D eigenvalue weighted by atomic mass is 10.1. The lowest BCUT2D eigenvalue weighted by molar-refractivity contribution is -0.118. The number of hydrogen-bond donors (Lipinski definition) is 3. The second-order valence-corrected chi connectivity index (χ2v) is 4.60. The van der Waals surface area contributed by atoms with Gasteiger partial charge in [0.15, 0.2) is 5.69 Å². The van der Waals surface area contributed by atoms with E-state index in [1.807, 2.05) is 24.3 Å². The first-order valence-electron chi connectivity index (χ1n) is 6.15. The van der Waals surface area contributed by atoms with Gasteiger partial charge in [0, 0.05) is 17.8 Å². The summed E-state index contributed by atoms with van der Waals surface area (Å²) in [5.74, 6) is -1.08. The van der Waals surface area contributed by atoms with Gasteiger partial charge in [0.2, 0.25) is 5.91 Å². The number of nitrogens with zero attached hydrogens (tertiary/aromatic N) is 1. The molecular weight excluding hydrogens is 258 g/mol. The summed E-state index contributed by atoms with van der Waals surface area (Å²) in [5, 5.41) is 13.7. The number of nitrogens with two attached hydrogens (primary N) is 1. The second kappa shape index (κ2) is 5.56. The topological polar surface area (TPSA) is 105 Å². The summed E-state index contributed by atoms with van der Waals surface area (Å²) in [4.78, 5) is 26.1. The fourth-order valence-electron chi connectivity index (χ4n) is 2.00. The van der Waals surface area contributed by atoms with Crippen LogP contribution in [0, 0.1) is 0 Å². The van der Waals surface area contributed by atoms with E-state index in [1.165, 1.54) is 6.07 Å². The normalized spacial score (nSPS) is 12.1. The van der Waals surface area contributed by atoms with Gasteiger partial charge in [0.25, 0.3) is 0 Å². The van der Waals surface area contributed by atoms with Crippen LogP contribution in [0.25, 0.3) is 10.8 Å². The van der Waals surface area contributed by atoms with Crippen LogP contribution in [-0.4, -0.2) is 28.0 Å². The van der Waals surface area contributed by atoms with Crippen LogP contribution in [-0.2, 0) is 4.79 Å². The molecule has 0 aliphatic rings. The SMILES string of the molecule is CC(CC(N)=O)Nc1nc(C(=O)O)cc2ccccc12. The Labute approximate surface area is 115 Å². The lowest BCUT2D eigenvalue weighted by Gasteiger charge is -2.15. The molecule has 1 aromatic heterocycles. The number of pyridine rings is 1. The first-order chi connectivity index (χ1) is 9.47. The molecule has 0 aliphatic heterocycles. The van der Waals surface area contributed by atoms with E-state index in [0.29, 0.717) is 5.82 Å². The van der Waals surface area contributed by atoms with E-state index in [0.717, 1.165) is 10.8 Å². The molecule has 0 fully saturated rings. The molecule has 6 heteroatoms. The number of amides is 1. The Bertz CT molecular complexity index is 670. The summed E-state index contributed by atoms with van der Waals surface area (Å²) in [6, 6.07) is 8.61. The van der Waals surface area contributed by atoms with Crippen LogP contribution in [0.1, 0.15) is 23.8 Å². The van der Waals surface area contributed by atoms with Gasteiger partial charge in [-0.15, -0.1) is 0 Å². The number of aromatic nitrogens is 1. The van der Waals surface area contributed by atoms with Crippen LogP contribution in [0.5, 0.6) is 0 Å². The molecule has 1 atom stereocenters. The maximum absolute atomic E-state index is 11.1. The molecule has 0 saturated carbocycles. The van der Waals surface area contributed by atoms with E-state index >= 15 is 0 Å². The van der Waals surface area contributed by atoms with Gasteiger partial charge in [0.05, 0.1) is 0 Å². The number of carboxylic acids is 1. The number of fused-ring (bicyclic) bond motifs is 1. The van der Waals surface area contributed by atoms with E-state index in [-0.39, 0.29) is 18.2 Å². The van der Waals surface area contributed by atoms with Crippen molar-refractivity contribution in [2.75, 3.05) is 5.32 Å². The molecule has 0 radical (unpaired) electrons. The minimum atomic E-state index is -1.10. The Balaban J connectivity index is 2.44. The minimum Gasteiger partial charge on any atom is -0.477 e. The van der Waals surface area contributed by atoms with E-state index in [9.17, 15) is 9.59 Å². The highest BCUT2D eigenvalue weighted by molar-refractivity contribution is 5.97. The Kier molecular flexibility index (Phi) is 3.84. The van der Waals surface area contributed by atoms with Crippen molar-refractivity contribution in [3.8, 4) is 0 Å². The largest absolute Gasteiger partial charge is 0.477 e. The molecule has 2 aromatic rings. The summed E-state index contributed by atoms with van der Waals surface area (Å²) in [7, 11) is 0. The molecule has 0 bridgehead atoms. The quantitative estimate of drug-likeness (QED) is 0.767. The number of hydrogen-bond acceptors (Lipinski definition) is 4. The molecule has 104 valence electrons. The molecule has 1 heterocycles. The Morgan fingerprint density at radius 2 is 2.10 bits per heavy atom. The maximum Gasteiger partial charge on any atom is 0.354 e. The summed E-state index contributed by atoms with van der Waals surface area (Å²) in [6.07, 6.45) is 0.146. The predicted octanol–water partition coefficient (Wildman–Crippen LogP) is 1.61. The molecular formula is C14H15N3O3. The predicted molar refractivity (Wildman–Crippen MR) is 75.6 cm³/mol. The van der Waals surface area contributed by atoms with E-state index in [2.05, 4.69) is 10.3 Å². The highest BCUT2D eigenvalue weighted by Crippen LogP contribution is 2.23. The number of rotatable bonds is 5. The Morgan fingerprint density at radius 3 is 2.75 bits per heavy atom. The molecule has 20 heavy (non-hydrogen) atoms. The smallest absolute Gasteiger partial charge is 0.354 e. The first kappa shape index (κ1) is 13.8. The number of carbonyl (C=O) groups excluding carboxylic acids is 1. The molecule has 0 aliphatic carbocycles. The highest BCUT2D eigenvalue weighted by atomic mass is 16.4. The fourth-order valence-corrected chi connectivity index (χ4v) is 2.00. The van der Waals surface area contributed by atoms with Crippen LogP contribution in [0.3, 0.4) is 0 Å². The van der Waals surface area contributed by atoms with Crippen LogP contribution >= 0.6 is 0 Å². The van der Waals surface area contributed by atoms with Gasteiger partial charge in [-0.1, -0.05) is 24.3 Å². The summed E-state index contributed by atoms with van der Waals surface area (Å²) in [5.41, 5.74) is 5.10. The van der Waals surface area contributed by atoms with Gasteiger partial charge < -0.3 is 16.2 Å². The van der Waals surface area contributed by atoms with Crippen molar-refractivity contribution in [3.63, 3.8) is 0 Å². The Hall–Kier alpha value is -2.63. The molecule has 1 amide bonds. The van der Waals surface area contributed by atoms with Crippen molar-refractivity contribution in [3.05, 3.63) is 36.0 Å². The fraction of sp³-hybridized carbons (Fsp3) is 0.214. The first-order valence-corrected chi connectivity index (χ1v) is 6.15. The van der Waals surface area contributed by atoms with Crippen molar-refractivity contribution in [2.45, 2.75) is 19.4 Å². The number of nitrogens with one attached hydrogen (secondary N) is 1. The summed E-state index contributed by atoms with van der Waals surface area (Å²) < 4.78 is 0. The number of anilines is 1. The van der Waals surface area contributed by atoms with Crippen LogP contribution < -0.4 is 11.1 Å².